The van der Waals surface area contributed by atoms with Crippen LogP contribution >= 0.6 is 19.3 Å². The molecular formula is C20H21ClFN6O5P. The van der Waals surface area contributed by atoms with Gasteiger partial charge in [-0.15, -0.1) is 0 Å². The number of aliphatic carboxylic acids is 1. The minimum absolute atomic E-state index is 0.0233. The maximum absolute atomic E-state index is 13.5. The largest absolute Gasteiger partial charge is 0.480 e. The number of benzene rings is 1. The lowest BCUT2D eigenvalue weighted by Crippen LogP contribution is -2.33. The predicted molar refractivity (Wildman–Crippen MR) is 122 cm³/mol. The summed E-state index contributed by atoms with van der Waals surface area (Å²) in [6.07, 6.45) is 5.90. The molecule has 0 saturated heterocycles. The van der Waals surface area contributed by atoms with Crippen molar-refractivity contribution < 1.29 is 27.9 Å². The highest BCUT2D eigenvalue weighted by Crippen LogP contribution is 2.46. The second kappa shape index (κ2) is 9.67. The Bertz CT molecular complexity index is 1300. The third-order valence-electron chi connectivity index (χ3n) is 5.11. The van der Waals surface area contributed by atoms with Gasteiger partial charge in [-0.05, 0) is 25.5 Å². The Morgan fingerprint density at radius 2 is 2.24 bits per heavy atom. The molecule has 1 aliphatic rings. The second-order valence-electron chi connectivity index (χ2n) is 7.68. The fourth-order valence-electron chi connectivity index (χ4n) is 3.46. The van der Waals surface area contributed by atoms with Crippen molar-refractivity contribution in [1.29, 1.82) is 0 Å². The quantitative estimate of drug-likeness (QED) is 0.221. The maximum atomic E-state index is 13.5. The summed E-state index contributed by atoms with van der Waals surface area (Å²) in [6.45, 7) is 1.24. The molecule has 0 spiro atoms. The van der Waals surface area contributed by atoms with Gasteiger partial charge < -0.3 is 19.9 Å². The van der Waals surface area contributed by atoms with Crippen molar-refractivity contribution in [3.8, 4) is 5.75 Å². The first-order valence-electron chi connectivity index (χ1n) is 10.2. The first kappa shape index (κ1) is 24.1. The molecule has 14 heteroatoms. The molecule has 180 valence electrons. The van der Waals surface area contributed by atoms with Crippen LogP contribution in [0.3, 0.4) is 0 Å². The number of nitrogen functional groups attached to an aromatic ring is 1. The number of imidazole rings is 1. The van der Waals surface area contributed by atoms with Crippen molar-refractivity contribution in [3.63, 3.8) is 0 Å². The summed E-state index contributed by atoms with van der Waals surface area (Å²) in [6, 6.07) is 3.59. The molecule has 2 aromatic heterocycles. The van der Waals surface area contributed by atoms with Gasteiger partial charge in [0.25, 0.3) is 0 Å². The van der Waals surface area contributed by atoms with Crippen LogP contribution in [-0.2, 0) is 13.9 Å². The molecule has 0 aliphatic heterocycles. The van der Waals surface area contributed by atoms with Gasteiger partial charge in [0.15, 0.2) is 10.8 Å². The number of fused-ring (bicyclic) bond motifs is 1. The molecule has 2 heterocycles. The Morgan fingerprint density at radius 1 is 1.44 bits per heavy atom. The van der Waals surface area contributed by atoms with Crippen LogP contribution in [0.25, 0.3) is 11.2 Å². The van der Waals surface area contributed by atoms with E-state index in [4.69, 9.17) is 26.4 Å². The summed E-state index contributed by atoms with van der Waals surface area (Å²) < 4.78 is 39.6. The lowest BCUT2D eigenvalue weighted by atomic mass is 10.1. The van der Waals surface area contributed by atoms with Gasteiger partial charge in [-0.1, -0.05) is 29.8 Å². The molecule has 0 bridgehead atoms. The predicted octanol–water partition coefficient (Wildman–Crippen LogP) is 3.58. The normalized spacial score (nSPS) is 20.3. The van der Waals surface area contributed by atoms with E-state index in [0.717, 1.165) is 6.07 Å². The van der Waals surface area contributed by atoms with E-state index in [1.807, 2.05) is 12.2 Å². The van der Waals surface area contributed by atoms with Crippen molar-refractivity contribution >= 4 is 42.4 Å². The lowest BCUT2D eigenvalue weighted by Gasteiger charge is -2.23. The lowest BCUT2D eigenvalue weighted by molar-refractivity contribution is -0.138. The standard InChI is InChI=1S/C20H21ClFN6O5P/c1-11(19(29)30)27-34(31,33-15-4-2-3-13(22)8-15)32-9-12-5-6-14(7-12)28-10-24-16-17(21)25-20(23)26-18(16)28/h2-6,8,10-12,14H,7,9H2,1H3,(H,27,31)(H,29,30)(H2,23,25,26)/t11-,12+,14-,34?/m0/s1. The first-order valence-corrected chi connectivity index (χ1v) is 12.1. The number of aromatic nitrogens is 4. The molecule has 4 N–H and O–H groups in total. The van der Waals surface area contributed by atoms with Crippen LogP contribution in [0.15, 0.2) is 42.7 Å². The first-order chi connectivity index (χ1) is 16.1. The summed E-state index contributed by atoms with van der Waals surface area (Å²) in [5.74, 6) is -2.08. The Balaban J connectivity index is 1.46. The third kappa shape index (κ3) is 5.36. The van der Waals surface area contributed by atoms with Gasteiger partial charge in [0.2, 0.25) is 5.95 Å². The van der Waals surface area contributed by atoms with E-state index in [-0.39, 0.29) is 35.4 Å². The highest BCUT2D eigenvalue weighted by Gasteiger charge is 2.33. The fraction of sp³-hybridized carbons (Fsp3) is 0.300. The van der Waals surface area contributed by atoms with Crippen LogP contribution < -0.4 is 15.3 Å². The van der Waals surface area contributed by atoms with E-state index in [9.17, 15) is 18.9 Å². The van der Waals surface area contributed by atoms with Crippen LogP contribution in [0, 0.1) is 11.7 Å². The minimum Gasteiger partial charge on any atom is -0.480 e. The average Bonchev–Trinajstić information content (AvgIpc) is 3.39. The summed E-state index contributed by atoms with van der Waals surface area (Å²) in [5.41, 5.74) is 6.60. The van der Waals surface area contributed by atoms with E-state index in [0.29, 0.717) is 17.6 Å². The van der Waals surface area contributed by atoms with Crippen LogP contribution in [0.4, 0.5) is 10.3 Å². The number of nitrogens with one attached hydrogen (secondary N) is 1. The molecule has 1 aliphatic carbocycles. The molecule has 0 saturated carbocycles. The molecule has 0 amide bonds. The van der Waals surface area contributed by atoms with Crippen LogP contribution in [0.2, 0.25) is 5.15 Å². The summed E-state index contributed by atoms with van der Waals surface area (Å²) in [5, 5.41) is 11.7. The van der Waals surface area contributed by atoms with Gasteiger partial charge in [-0.2, -0.15) is 15.1 Å². The molecule has 0 radical (unpaired) electrons. The maximum Gasteiger partial charge on any atom is 0.459 e. The van der Waals surface area contributed by atoms with Gasteiger partial charge in [-0.25, -0.2) is 13.9 Å². The number of anilines is 1. The number of hydrogen-bond acceptors (Lipinski definition) is 8. The topological polar surface area (TPSA) is 154 Å². The minimum atomic E-state index is -4.16. The Labute approximate surface area is 198 Å². The Morgan fingerprint density at radius 3 is 2.97 bits per heavy atom. The van der Waals surface area contributed by atoms with Crippen molar-refractivity contribution in [2.75, 3.05) is 12.3 Å². The smallest absolute Gasteiger partial charge is 0.459 e. The zero-order valence-electron chi connectivity index (χ0n) is 17.8. The average molecular weight is 511 g/mol. The summed E-state index contributed by atoms with van der Waals surface area (Å²) in [4.78, 5) is 23.6. The fourth-order valence-corrected chi connectivity index (χ4v) is 5.23. The SMILES string of the molecule is C[C@H](NP(=O)(OC[C@@H]1C=C[C@H](n2cnc3c(Cl)nc(N)nc32)C1)Oc1cccc(F)c1)C(=O)O. The van der Waals surface area contributed by atoms with E-state index >= 15 is 0 Å². The number of hydrogen-bond donors (Lipinski definition) is 3. The van der Waals surface area contributed by atoms with Crippen LogP contribution in [0.5, 0.6) is 5.75 Å². The summed E-state index contributed by atoms with van der Waals surface area (Å²) >= 11 is 6.09. The number of rotatable bonds is 9. The highest BCUT2D eigenvalue weighted by atomic mass is 35.5. The molecule has 0 fully saturated rings. The van der Waals surface area contributed by atoms with E-state index < -0.39 is 25.6 Å². The van der Waals surface area contributed by atoms with Crippen molar-refractivity contribution in [1.82, 2.24) is 24.6 Å². The van der Waals surface area contributed by atoms with E-state index in [1.54, 1.807) is 10.9 Å². The second-order valence-corrected chi connectivity index (χ2v) is 9.73. The third-order valence-corrected chi connectivity index (χ3v) is 7.01. The number of carboxylic acid groups (broad SMARTS) is 1. The number of nitrogens with zero attached hydrogens (tertiary/aromatic N) is 4. The number of nitrogens with two attached hydrogens (primary N) is 1. The Hall–Kier alpha value is -3.05. The number of carbonyl (C=O) groups is 1. The van der Waals surface area contributed by atoms with Gasteiger partial charge in [0, 0.05) is 12.0 Å². The van der Waals surface area contributed by atoms with Crippen LogP contribution in [0.1, 0.15) is 19.4 Å². The van der Waals surface area contributed by atoms with E-state index in [1.165, 1.54) is 25.1 Å². The molecule has 1 aromatic carbocycles. The zero-order chi connectivity index (χ0) is 24.5. The Kier molecular flexibility index (Phi) is 6.85. The number of halogens is 2. The number of allylic oxidation sites excluding steroid dienone is 1. The molecule has 34 heavy (non-hydrogen) atoms. The van der Waals surface area contributed by atoms with Gasteiger partial charge in [-0.3, -0.25) is 9.32 Å². The highest BCUT2D eigenvalue weighted by molar-refractivity contribution is 7.52. The molecular weight excluding hydrogens is 490 g/mol. The van der Waals surface area contributed by atoms with E-state index in [2.05, 4.69) is 20.0 Å². The molecule has 11 nitrogen and oxygen atoms in total. The van der Waals surface area contributed by atoms with Gasteiger partial charge in [0.05, 0.1) is 19.0 Å². The monoisotopic (exact) mass is 510 g/mol. The van der Waals surface area contributed by atoms with Crippen LogP contribution in [-0.4, -0.2) is 43.2 Å². The van der Waals surface area contributed by atoms with Gasteiger partial charge >= 0.3 is 13.7 Å². The molecule has 3 aromatic rings. The van der Waals surface area contributed by atoms with Gasteiger partial charge in [0.1, 0.15) is 23.1 Å². The summed E-state index contributed by atoms with van der Waals surface area (Å²) in [7, 11) is -4.16. The van der Waals surface area contributed by atoms with Crippen molar-refractivity contribution in [2.45, 2.75) is 25.4 Å². The molecule has 4 rings (SSSR count). The molecule has 1 unspecified atom stereocenters. The number of carboxylic acids is 1. The molecule has 4 atom stereocenters. The zero-order valence-corrected chi connectivity index (χ0v) is 19.5. The van der Waals surface area contributed by atoms with Crippen molar-refractivity contribution in [2.24, 2.45) is 5.92 Å². The van der Waals surface area contributed by atoms with Crippen molar-refractivity contribution in [3.05, 3.63) is 53.7 Å².